The van der Waals surface area contributed by atoms with Crippen LogP contribution in [-0.2, 0) is 26.1 Å². The highest BCUT2D eigenvalue weighted by atomic mass is 31.2. The summed E-state index contributed by atoms with van der Waals surface area (Å²) in [6.45, 7) is 12.4. The second-order valence-electron chi connectivity index (χ2n) is 8.89. The Labute approximate surface area is 157 Å². The molecule has 1 unspecified atom stereocenters. The molecule has 0 aliphatic carbocycles. The van der Waals surface area contributed by atoms with Crippen LogP contribution in [0.4, 0.5) is 0 Å². The van der Waals surface area contributed by atoms with Crippen LogP contribution in [-0.4, -0.2) is 12.2 Å². The van der Waals surface area contributed by atoms with E-state index in [4.69, 9.17) is 4.52 Å². The highest BCUT2D eigenvalue weighted by Crippen LogP contribution is 2.50. The molecule has 0 saturated carbocycles. The monoisotopic (exact) mass is 374 g/mol. The van der Waals surface area contributed by atoms with Crippen molar-refractivity contribution in [3.63, 3.8) is 0 Å². The van der Waals surface area contributed by atoms with E-state index in [1.165, 1.54) is 7.11 Å². The van der Waals surface area contributed by atoms with Crippen molar-refractivity contribution in [1.82, 2.24) is 0 Å². The average Bonchev–Trinajstić information content (AvgIpc) is 2.55. The number of phenolic OH excluding ortho intramolecular Hbond substituents is 1. The Morgan fingerprint density at radius 1 is 0.923 bits per heavy atom. The van der Waals surface area contributed by atoms with Gasteiger partial charge < -0.3 is 9.63 Å². The van der Waals surface area contributed by atoms with E-state index in [2.05, 4.69) is 41.5 Å². The lowest BCUT2D eigenvalue weighted by molar-refractivity contribution is 0.401. The Balaban J connectivity index is 2.61. The molecule has 0 radical (unpaired) electrons. The fourth-order valence-electron chi connectivity index (χ4n) is 3.09. The van der Waals surface area contributed by atoms with Crippen molar-refractivity contribution in [1.29, 1.82) is 0 Å². The van der Waals surface area contributed by atoms with Gasteiger partial charge in [-0.1, -0.05) is 71.9 Å². The van der Waals surface area contributed by atoms with Crippen molar-refractivity contribution >= 4 is 12.7 Å². The Hall–Kier alpha value is -1.57. The summed E-state index contributed by atoms with van der Waals surface area (Å²) in [5.74, 6) is 0.334. The maximum Gasteiger partial charge on any atom is 0.236 e. The fraction of sp³-hybridized carbons (Fsp3) is 0.455. The van der Waals surface area contributed by atoms with Crippen LogP contribution in [0.5, 0.6) is 5.75 Å². The molecule has 0 aliphatic rings. The summed E-state index contributed by atoms with van der Waals surface area (Å²) < 4.78 is 19.0. The third-order valence-corrected chi connectivity index (χ3v) is 7.08. The van der Waals surface area contributed by atoms with E-state index in [1.54, 1.807) is 0 Å². The number of hydrogen-bond donors (Lipinski definition) is 1. The molecular formula is C22H31O3P. The highest BCUT2D eigenvalue weighted by molar-refractivity contribution is 7.66. The maximum absolute atomic E-state index is 13.5. The van der Waals surface area contributed by atoms with Gasteiger partial charge in [-0.15, -0.1) is 0 Å². The Bertz CT molecular complexity index is 777. The van der Waals surface area contributed by atoms with Gasteiger partial charge in [0.15, 0.2) is 0 Å². The first-order valence-electron chi connectivity index (χ1n) is 8.96. The summed E-state index contributed by atoms with van der Waals surface area (Å²) >= 11 is 0. The first kappa shape index (κ1) is 20.7. The third kappa shape index (κ3) is 4.39. The topological polar surface area (TPSA) is 46.5 Å². The van der Waals surface area contributed by atoms with Gasteiger partial charge in [0.25, 0.3) is 0 Å². The van der Waals surface area contributed by atoms with E-state index in [9.17, 15) is 9.67 Å². The second-order valence-corrected chi connectivity index (χ2v) is 11.4. The van der Waals surface area contributed by atoms with Crippen molar-refractivity contribution in [2.45, 2.75) is 58.5 Å². The van der Waals surface area contributed by atoms with Gasteiger partial charge >= 0.3 is 0 Å². The number of benzene rings is 2. The van der Waals surface area contributed by atoms with Crippen LogP contribution in [0, 0.1) is 0 Å². The highest BCUT2D eigenvalue weighted by Gasteiger charge is 2.30. The molecule has 1 atom stereocenters. The lowest BCUT2D eigenvalue weighted by atomic mass is 9.78. The van der Waals surface area contributed by atoms with E-state index in [-0.39, 0.29) is 10.8 Å². The van der Waals surface area contributed by atoms with E-state index in [1.807, 2.05) is 42.5 Å². The number of phenols is 1. The zero-order valence-electron chi connectivity index (χ0n) is 17.0. The minimum absolute atomic E-state index is 0.218. The molecule has 26 heavy (non-hydrogen) atoms. The van der Waals surface area contributed by atoms with Gasteiger partial charge in [0.1, 0.15) is 5.75 Å². The van der Waals surface area contributed by atoms with Crippen molar-refractivity contribution in [2.75, 3.05) is 7.11 Å². The molecule has 0 aromatic heterocycles. The van der Waals surface area contributed by atoms with Crippen LogP contribution >= 0.6 is 7.37 Å². The van der Waals surface area contributed by atoms with Crippen LogP contribution in [0.1, 0.15) is 58.2 Å². The molecule has 2 aromatic carbocycles. The molecule has 3 nitrogen and oxygen atoms in total. The molecule has 1 N–H and O–H groups in total. The minimum Gasteiger partial charge on any atom is -0.507 e. The Morgan fingerprint density at radius 2 is 1.38 bits per heavy atom. The zero-order chi connectivity index (χ0) is 19.8. The quantitative estimate of drug-likeness (QED) is 0.695. The Kier molecular flexibility index (Phi) is 5.75. The van der Waals surface area contributed by atoms with E-state index in [0.29, 0.717) is 17.2 Å². The molecule has 0 spiro atoms. The van der Waals surface area contributed by atoms with Crippen LogP contribution in [0.2, 0.25) is 0 Å². The van der Waals surface area contributed by atoms with Crippen LogP contribution < -0.4 is 5.30 Å². The summed E-state index contributed by atoms with van der Waals surface area (Å²) in [4.78, 5) is 0. The van der Waals surface area contributed by atoms with Gasteiger partial charge in [0.05, 0.1) is 6.16 Å². The normalized spacial score (nSPS) is 14.9. The van der Waals surface area contributed by atoms with E-state index in [0.717, 1.165) is 16.7 Å². The van der Waals surface area contributed by atoms with Gasteiger partial charge in [0.2, 0.25) is 7.37 Å². The first-order chi connectivity index (χ1) is 11.9. The standard InChI is InChI=1S/C22H31O3P/c1-21(2,3)18-13-16(14-19(20(18)23)22(4,5)6)15-26(24,25-7)17-11-9-8-10-12-17/h8-14,23H,15H2,1-7H3. The molecule has 142 valence electrons. The van der Waals surface area contributed by atoms with Crippen LogP contribution in [0.3, 0.4) is 0 Å². The van der Waals surface area contributed by atoms with Gasteiger partial charge in [-0.2, -0.15) is 0 Å². The van der Waals surface area contributed by atoms with Crippen LogP contribution in [0.25, 0.3) is 0 Å². The number of aromatic hydroxyl groups is 1. The SMILES string of the molecule is COP(=O)(Cc1cc(C(C)(C)C)c(O)c(C(C)(C)C)c1)c1ccccc1. The van der Waals surface area contributed by atoms with E-state index < -0.39 is 7.37 Å². The summed E-state index contributed by atoms with van der Waals surface area (Å²) in [6, 6.07) is 13.3. The molecule has 2 aromatic rings. The fourth-order valence-corrected chi connectivity index (χ4v) is 4.90. The van der Waals surface area contributed by atoms with Crippen molar-refractivity contribution < 1.29 is 14.2 Å². The van der Waals surface area contributed by atoms with Gasteiger partial charge in [0, 0.05) is 12.4 Å². The predicted molar refractivity (Wildman–Crippen MR) is 110 cm³/mol. The number of hydrogen-bond acceptors (Lipinski definition) is 3. The summed E-state index contributed by atoms with van der Waals surface area (Å²) in [7, 11) is -1.51. The molecule has 4 heteroatoms. The summed E-state index contributed by atoms with van der Waals surface area (Å²) in [6.07, 6.45) is 0.306. The Morgan fingerprint density at radius 3 is 1.77 bits per heavy atom. The van der Waals surface area contributed by atoms with E-state index >= 15 is 0 Å². The lowest BCUT2D eigenvalue weighted by Gasteiger charge is -2.29. The van der Waals surface area contributed by atoms with Gasteiger partial charge in [-0.25, -0.2) is 0 Å². The lowest BCUT2D eigenvalue weighted by Crippen LogP contribution is -2.18. The third-order valence-electron chi connectivity index (χ3n) is 4.62. The first-order valence-corrected chi connectivity index (χ1v) is 10.8. The number of rotatable bonds is 4. The largest absolute Gasteiger partial charge is 0.507 e. The molecule has 0 heterocycles. The molecule has 0 bridgehead atoms. The molecule has 0 aliphatic heterocycles. The van der Waals surface area contributed by atoms with Crippen molar-refractivity contribution in [3.05, 3.63) is 59.2 Å². The second kappa shape index (κ2) is 7.21. The minimum atomic E-state index is -3.02. The zero-order valence-corrected chi connectivity index (χ0v) is 17.9. The molecule has 0 amide bonds. The van der Waals surface area contributed by atoms with Gasteiger partial charge in [-0.3, -0.25) is 4.57 Å². The summed E-state index contributed by atoms with van der Waals surface area (Å²) in [5, 5.41) is 11.6. The molecule has 0 saturated heterocycles. The van der Waals surface area contributed by atoms with Gasteiger partial charge in [-0.05, 0) is 39.7 Å². The average molecular weight is 374 g/mol. The molecule has 0 fully saturated rings. The van der Waals surface area contributed by atoms with Crippen molar-refractivity contribution in [2.24, 2.45) is 0 Å². The predicted octanol–water partition coefficient (Wildman–Crippen LogP) is 5.74. The summed E-state index contributed by atoms with van der Waals surface area (Å²) in [5.41, 5.74) is 2.23. The molecule has 2 rings (SSSR count). The van der Waals surface area contributed by atoms with Crippen LogP contribution in [0.15, 0.2) is 42.5 Å². The smallest absolute Gasteiger partial charge is 0.236 e. The maximum atomic E-state index is 13.5. The molecular weight excluding hydrogens is 343 g/mol. The van der Waals surface area contributed by atoms with Crippen molar-refractivity contribution in [3.8, 4) is 5.75 Å².